The average Bonchev–Trinajstić information content (AvgIpc) is 2.61. The molecule has 0 bridgehead atoms. The molecule has 0 unspecified atom stereocenters. The lowest BCUT2D eigenvalue weighted by Crippen LogP contribution is -2.48. The number of pyridine rings is 1. The van der Waals surface area contributed by atoms with Gasteiger partial charge in [-0.2, -0.15) is 0 Å². The molecule has 5 nitrogen and oxygen atoms in total. The zero-order chi connectivity index (χ0) is 18.3. The number of aromatic nitrogens is 1. The smallest absolute Gasteiger partial charge is 0.256 e. The summed E-state index contributed by atoms with van der Waals surface area (Å²) in [6, 6.07) is 3.67. The first-order valence-electron chi connectivity index (χ1n) is 9.56. The van der Waals surface area contributed by atoms with Crippen molar-refractivity contribution in [1.82, 2.24) is 4.98 Å². The number of aryl methyl sites for hydroxylation is 1. The normalized spacial score (nSPS) is 23.3. The summed E-state index contributed by atoms with van der Waals surface area (Å²) in [6.07, 6.45) is 5.47. The molecule has 1 heterocycles. The van der Waals surface area contributed by atoms with Crippen molar-refractivity contribution in [2.24, 2.45) is 5.92 Å². The van der Waals surface area contributed by atoms with E-state index in [0.29, 0.717) is 25.0 Å². The zero-order valence-corrected chi connectivity index (χ0v) is 16.1. The first-order chi connectivity index (χ1) is 12.0. The van der Waals surface area contributed by atoms with Crippen LogP contribution >= 0.6 is 0 Å². The highest BCUT2D eigenvalue weighted by molar-refractivity contribution is 5.97. The van der Waals surface area contributed by atoms with Gasteiger partial charge in [0, 0.05) is 12.7 Å². The summed E-state index contributed by atoms with van der Waals surface area (Å²) >= 11 is 0. The molecule has 0 radical (unpaired) electrons. The number of anilines is 1. The van der Waals surface area contributed by atoms with E-state index < -0.39 is 5.60 Å². The number of hydrogen-bond acceptors (Lipinski definition) is 4. The maximum absolute atomic E-state index is 13.0. The van der Waals surface area contributed by atoms with Gasteiger partial charge in [-0.3, -0.25) is 4.79 Å². The van der Waals surface area contributed by atoms with Crippen LogP contribution < -0.4 is 10.1 Å². The lowest BCUT2D eigenvalue weighted by atomic mass is 9.78. The number of hydrogen-bond donors (Lipinski definition) is 1. The highest BCUT2D eigenvalue weighted by Crippen LogP contribution is 2.36. The monoisotopic (exact) mass is 348 g/mol. The summed E-state index contributed by atoms with van der Waals surface area (Å²) in [4.78, 5) is 17.4. The van der Waals surface area contributed by atoms with Crippen LogP contribution in [-0.2, 0) is 9.53 Å². The highest BCUT2D eigenvalue weighted by atomic mass is 16.5. The quantitative estimate of drug-likeness (QED) is 0.752. The van der Waals surface area contributed by atoms with Crippen LogP contribution in [0.25, 0.3) is 0 Å². The Kier molecular flexibility index (Phi) is 7.24. The van der Waals surface area contributed by atoms with E-state index in [1.165, 1.54) is 0 Å². The number of nitrogens with one attached hydrogen (secondary N) is 1. The average molecular weight is 348 g/mol. The maximum Gasteiger partial charge on any atom is 0.256 e. The lowest BCUT2D eigenvalue weighted by molar-refractivity contribution is -0.147. The Hall–Kier alpha value is -1.62. The predicted octanol–water partition coefficient (Wildman–Crippen LogP) is 4.49. The van der Waals surface area contributed by atoms with Gasteiger partial charge >= 0.3 is 0 Å². The van der Waals surface area contributed by atoms with E-state index in [4.69, 9.17) is 9.47 Å². The van der Waals surface area contributed by atoms with Crippen molar-refractivity contribution >= 4 is 11.6 Å². The van der Waals surface area contributed by atoms with Crippen molar-refractivity contribution in [2.45, 2.75) is 71.8 Å². The van der Waals surface area contributed by atoms with E-state index in [-0.39, 0.29) is 5.91 Å². The molecule has 25 heavy (non-hydrogen) atoms. The number of carbonyl (C=O) groups excluding carboxylic acids is 1. The summed E-state index contributed by atoms with van der Waals surface area (Å²) in [5.74, 6) is 1.21. The fourth-order valence-electron chi connectivity index (χ4n) is 3.16. The van der Waals surface area contributed by atoms with Crippen LogP contribution in [0.1, 0.15) is 65.0 Å². The van der Waals surface area contributed by atoms with E-state index >= 15 is 0 Å². The SMILES string of the molecule is CCCOc1ccc(NC(=O)C2(OCCC)CCC(C)CC2)c(C)n1. The zero-order valence-electron chi connectivity index (χ0n) is 16.1. The molecule has 2 rings (SSSR count). The number of rotatable bonds is 8. The summed E-state index contributed by atoms with van der Waals surface area (Å²) in [7, 11) is 0. The van der Waals surface area contributed by atoms with E-state index in [9.17, 15) is 4.79 Å². The van der Waals surface area contributed by atoms with Crippen molar-refractivity contribution in [1.29, 1.82) is 0 Å². The molecule has 1 aromatic heterocycles. The van der Waals surface area contributed by atoms with Crippen LogP contribution in [-0.4, -0.2) is 29.7 Å². The number of nitrogens with zero attached hydrogens (tertiary/aromatic N) is 1. The summed E-state index contributed by atoms with van der Waals surface area (Å²) < 4.78 is 11.6. The minimum absolute atomic E-state index is 0.0417. The van der Waals surface area contributed by atoms with E-state index in [0.717, 1.165) is 49.9 Å². The topological polar surface area (TPSA) is 60.5 Å². The number of carbonyl (C=O) groups is 1. The molecule has 0 atom stereocenters. The van der Waals surface area contributed by atoms with Crippen molar-refractivity contribution in [3.8, 4) is 5.88 Å². The lowest BCUT2D eigenvalue weighted by Gasteiger charge is -2.38. The van der Waals surface area contributed by atoms with Gasteiger partial charge in [0.25, 0.3) is 5.91 Å². The second kappa shape index (κ2) is 9.18. The Morgan fingerprint density at radius 3 is 2.52 bits per heavy atom. The van der Waals surface area contributed by atoms with Crippen molar-refractivity contribution in [3.63, 3.8) is 0 Å². The van der Waals surface area contributed by atoms with Gasteiger partial charge < -0.3 is 14.8 Å². The Bertz CT molecular complexity index is 561. The molecule has 0 spiro atoms. The molecule has 0 aliphatic heterocycles. The van der Waals surface area contributed by atoms with Gasteiger partial charge in [-0.15, -0.1) is 0 Å². The molecule has 1 amide bonds. The largest absolute Gasteiger partial charge is 0.478 e. The molecule has 1 aromatic rings. The van der Waals surface area contributed by atoms with Gasteiger partial charge in [-0.25, -0.2) is 4.98 Å². The van der Waals surface area contributed by atoms with Crippen molar-refractivity contribution in [3.05, 3.63) is 17.8 Å². The Labute approximate surface area is 151 Å². The van der Waals surface area contributed by atoms with Crippen LogP contribution in [0.3, 0.4) is 0 Å². The minimum Gasteiger partial charge on any atom is -0.478 e. The molecule has 1 saturated carbocycles. The van der Waals surface area contributed by atoms with E-state index in [1.807, 2.05) is 13.0 Å². The predicted molar refractivity (Wildman–Crippen MR) is 100.0 cm³/mol. The Morgan fingerprint density at radius 2 is 1.92 bits per heavy atom. The maximum atomic E-state index is 13.0. The third-order valence-electron chi connectivity index (χ3n) is 4.84. The summed E-state index contributed by atoms with van der Waals surface area (Å²) in [5, 5.41) is 3.05. The molecule has 1 aliphatic rings. The highest BCUT2D eigenvalue weighted by Gasteiger charge is 2.42. The molecule has 0 saturated heterocycles. The number of amides is 1. The second-order valence-electron chi connectivity index (χ2n) is 7.11. The second-order valence-corrected chi connectivity index (χ2v) is 7.11. The molecular formula is C20H32N2O3. The molecular weight excluding hydrogens is 316 g/mol. The van der Waals surface area contributed by atoms with Gasteiger partial charge in [0.05, 0.1) is 18.0 Å². The van der Waals surface area contributed by atoms with Gasteiger partial charge in [-0.05, 0) is 57.4 Å². The molecule has 1 fully saturated rings. The number of ether oxygens (including phenoxy) is 2. The van der Waals surface area contributed by atoms with Crippen LogP contribution in [0.5, 0.6) is 5.88 Å². The fourth-order valence-corrected chi connectivity index (χ4v) is 3.16. The van der Waals surface area contributed by atoms with Crippen molar-refractivity contribution < 1.29 is 14.3 Å². The first kappa shape index (κ1) is 19.7. The standard InChI is InChI=1S/C20H32N2O3/c1-5-13-24-18-8-7-17(16(4)21-18)22-19(23)20(25-14-6-2)11-9-15(3)10-12-20/h7-8,15H,5-6,9-14H2,1-4H3,(H,22,23). The summed E-state index contributed by atoms with van der Waals surface area (Å²) in [5.41, 5.74) is 0.788. The van der Waals surface area contributed by atoms with Crippen molar-refractivity contribution in [2.75, 3.05) is 18.5 Å². The van der Waals surface area contributed by atoms with Gasteiger partial charge in [0.2, 0.25) is 5.88 Å². The molecule has 0 aromatic carbocycles. The Balaban J connectivity index is 2.09. The van der Waals surface area contributed by atoms with E-state index in [1.54, 1.807) is 6.07 Å². The third kappa shape index (κ3) is 5.18. The molecule has 5 heteroatoms. The van der Waals surface area contributed by atoms with Crippen LogP contribution in [0.4, 0.5) is 5.69 Å². The van der Waals surface area contributed by atoms with Crippen LogP contribution in [0.2, 0.25) is 0 Å². The Morgan fingerprint density at radius 1 is 1.24 bits per heavy atom. The minimum atomic E-state index is -0.702. The molecule has 1 aliphatic carbocycles. The van der Waals surface area contributed by atoms with E-state index in [2.05, 4.69) is 31.1 Å². The van der Waals surface area contributed by atoms with Crippen LogP contribution in [0.15, 0.2) is 12.1 Å². The molecule has 140 valence electrons. The summed E-state index contributed by atoms with van der Waals surface area (Å²) in [6.45, 7) is 9.51. The van der Waals surface area contributed by atoms with Gasteiger partial charge in [-0.1, -0.05) is 20.8 Å². The first-order valence-corrected chi connectivity index (χ1v) is 9.56. The third-order valence-corrected chi connectivity index (χ3v) is 4.84. The fraction of sp³-hybridized carbons (Fsp3) is 0.700. The van der Waals surface area contributed by atoms with Gasteiger partial charge in [0.15, 0.2) is 0 Å². The van der Waals surface area contributed by atoms with Gasteiger partial charge in [0.1, 0.15) is 5.60 Å². The van der Waals surface area contributed by atoms with Crippen LogP contribution in [0, 0.1) is 12.8 Å². The molecule has 1 N–H and O–H groups in total.